The van der Waals surface area contributed by atoms with Crippen molar-refractivity contribution < 1.29 is 13.5 Å². The lowest BCUT2D eigenvalue weighted by molar-refractivity contribution is 0.277. The van der Waals surface area contributed by atoms with Crippen molar-refractivity contribution >= 4 is 21.4 Å². The molecule has 0 spiro atoms. The van der Waals surface area contributed by atoms with Gasteiger partial charge in [-0.2, -0.15) is 0 Å². The van der Waals surface area contributed by atoms with Gasteiger partial charge < -0.3 is 10.8 Å². The van der Waals surface area contributed by atoms with Crippen molar-refractivity contribution in [2.24, 2.45) is 5.73 Å². The summed E-state index contributed by atoms with van der Waals surface area (Å²) in [5, 5.41) is 8.70. The quantitative estimate of drug-likeness (QED) is 0.846. The van der Waals surface area contributed by atoms with Gasteiger partial charge in [0.2, 0.25) is 0 Å². The molecule has 1 aromatic carbocycles. The Morgan fingerprint density at radius 3 is 2.59 bits per heavy atom. The van der Waals surface area contributed by atoms with Crippen molar-refractivity contribution in [2.45, 2.75) is 18.2 Å². The van der Waals surface area contributed by atoms with E-state index in [2.05, 4.69) is 0 Å². The summed E-state index contributed by atoms with van der Waals surface area (Å²) in [6.07, 6.45) is 0. The van der Waals surface area contributed by atoms with Crippen LogP contribution in [0.1, 0.15) is 18.5 Å². The van der Waals surface area contributed by atoms with Crippen molar-refractivity contribution in [2.75, 3.05) is 12.4 Å². The Morgan fingerprint density at radius 1 is 1.47 bits per heavy atom. The van der Waals surface area contributed by atoms with E-state index in [4.69, 9.17) is 17.3 Å². The first-order valence-electron chi connectivity index (χ1n) is 5.25. The molecule has 0 aromatic heterocycles. The van der Waals surface area contributed by atoms with Gasteiger partial charge in [-0.05, 0) is 17.7 Å². The third-order valence-electron chi connectivity index (χ3n) is 2.68. The SMILES string of the molecule is CCS(=O)(=O)[C@H](CO)[C@@H](N)c1cccc(Cl)c1. The molecule has 0 bridgehead atoms. The standard InChI is InChI=1S/C11H16ClNO3S/c1-2-17(15,16)10(7-14)11(13)8-4-3-5-9(12)6-8/h3-6,10-11,14H,2,7,13H2,1H3/t10-,11+/m1/s1. The molecule has 0 aliphatic carbocycles. The smallest absolute Gasteiger partial charge is 0.157 e. The Balaban J connectivity index is 3.06. The number of aliphatic hydroxyl groups is 1. The van der Waals surface area contributed by atoms with Gasteiger partial charge in [0.1, 0.15) is 5.25 Å². The molecule has 4 nitrogen and oxygen atoms in total. The van der Waals surface area contributed by atoms with Crippen molar-refractivity contribution in [1.82, 2.24) is 0 Å². The normalized spacial score (nSPS) is 15.5. The van der Waals surface area contributed by atoms with Crippen molar-refractivity contribution in [3.8, 4) is 0 Å². The van der Waals surface area contributed by atoms with E-state index in [1.54, 1.807) is 24.3 Å². The van der Waals surface area contributed by atoms with E-state index in [9.17, 15) is 13.5 Å². The maximum absolute atomic E-state index is 11.8. The lowest BCUT2D eigenvalue weighted by atomic mass is 10.1. The summed E-state index contributed by atoms with van der Waals surface area (Å²) >= 11 is 5.82. The summed E-state index contributed by atoms with van der Waals surface area (Å²) in [7, 11) is -3.39. The number of aliphatic hydroxyl groups excluding tert-OH is 1. The summed E-state index contributed by atoms with van der Waals surface area (Å²) in [4.78, 5) is 0. The van der Waals surface area contributed by atoms with Gasteiger partial charge in [-0.3, -0.25) is 0 Å². The molecule has 3 N–H and O–H groups in total. The van der Waals surface area contributed by atoms with Crippen LogP contribution < -0.4 is 5.73 Å². The molecule has 0 amide bonds. The van der Waals surface area contributed by atoms with Gasteiger partial charge in [0.05, 0.1) is 6.61 Å². The number of rotatable bonds is 5. The predicted molar refractivity (Wildman–Crippen MR) is 68.7 cm³/mol. The Kier molecular flexibility index (Phi) is 4.94. The summed E-state index contributed by atoms with van der Waals surface area (Å²) < 4.78 is 23.5. The molecule has 17 heavy (non-hydrogen) atoms. The molecular formula is C11H16ClNO3S. The van der Waals surface area contributed by atoms with Crippen molar-refractivity contribution in [3.63, 3.8) is 0 Å². The van der Waals surface area contributed by atoms with Crippen LogP contribution in [0, 0.1) is 0 Å². The summed E-state index contributed by atoms with van der Waals surface area (Å²) in [6.45, 7) is 1.03. The van der Waals surface area contributed by atoms with Crippen LogP contribution in [0.3, 0.4) is 0 Å². The maximum Gasteiger partial charge on any atom is 0.157 e. The molecule has 0 radical (unpaired) electrons. The lowest BCUT2D eigenvalue weighted by Gasteiger charge is -2.22. The second-order valence-corrected chi connectivity index (χ2v) is 6.70. The molecular weight excluding hydrogens is 262 g/mol. The monoisotopic (exact) mass is 277 g/mol. The molecule has 0 saturated carbocycles. The largest absolute Gasteiger partial charge is 0.395 e. The molecule has 0 fully saturated rings. The average Bonchev–Trinajstić information content (AvgIpc) is 2.29. The molecule has 96 valence electrons. The second kappa shape index (κ2) is 5.82. The van der Waals surface area contributed by atoms with E-state index in [1.165, 1.54) is 6.92 Å². The minimum Gasteiger partial charge on any atom is -0.395 e. The number of halogens is 1. The van der Waals surface area contributed by atoms with Gasteiger partial charge in [-0.1, -0.05) is 30.7 Å². The lowest BCUT2D eigenvalue weighted by Crippen LogP contribution is -2.37. The fourth-order valence-corrected chi connectivity index (χ4v) is 3.05. The number of sulfone groups is 1. The minimum atomic E-state index is -3.39. The third-order valence-corrected chi connectivity index (χ3v) is 5.08. The van der Waals surface area contributed by atoms with E-state index in [-0.39, 0.29) is 5.75 Å². The van der Waals surface area contributed by atoms with Gasteiger partial charge >= 0.3 is 0 Å². The zero-order valence-corrected chi connectivity index (χ0v) is 11.1. The molecule has 0 saturated heterocycles. The van der Waals surface area contributed by atoms with E-state index in [1.807, 2.05) is 0 Å². The van der Waals surface area contributed by atoms with Gasteiger partial charge in [0.15, 0.2) is 9.84 Å². The fourth-order valence-electron chi connectivity index (χ4n) is 1.59. The highest BCUT2D eigenvalue weighted by Gasteiger charge is 2.30. The van der Waals surface area contributed by atoms with E-state index < -0.39 is 27.7 Å². The van der Waals surface area contributed by atoms with Crippen LogP contribution in [0.5, 0.6) is 0 Å². The predicted octanol–water partition coefficient (Wildman–Crippen LogP) is 1.14. The average molecular weight is 278 g/mol. The molecule has 0 aliphatic heterocycles. The van der Waals surface area contributed by atoms with Crippen LogP contribution in [-0.4, -0.2) is 31.1 Å². The van der Waals surface area contributed by atoms with Crippen LogP contribution in [0.25, 0.3) is 0 Å². The first kappa shape index (κ1) is 14.4. The highest BCUT2D eigenvalue weighted by molar-refractivity contribution is 7.92. The Morgan fingerprint density at radius 2 is 2.12 bits per heavy atom. The van der Waals surface area contributed by atoms with Gasteiger partial charge in [-0.25, -0.2) is 8.42 Å². The van der Waals surface area contributed by atoms with Crippen LogP contribution in [0.4, 0.5) is 0 Å². The molecule has 6 heteroatoms. The van der Waals surface area contributed by atoms with Crippen LogP contribution in [-0.2, 0) is 9.84 Å². The fraction of sp³-hybridized carbons (Fsp3) is 0.455. The summed E-state index contributed by atoms with van der Waals surface area (Å²) in [5.74, 6) is -0.0491. The number of nitrogens with two attached hydrogens (primary N) is 1. The number of benzene rings is 1. The Hall–Kier alpha value is -0.620. The van der Waals surface area contributed by atoms with Gasteiger partial charge in [-0.15, -0.1) is 0 Å². The number of hydrogen-bond donors (Lipinski definition) is 2. The highest BCUT2D eigenvalue weighted by Crippen LogP contribution is 2.22. The van der Waals surface area contributed by atoms with Crippen molar-refractivity contribution in [3.05, 3.63) is 34.9 Å². The van der Waals surface area contributed by atoms with Crippen LogP contribution in [0.15, 0.2) is 24.3 Å². The van der Waals surface area contributed by atoms with Gasteiger partial charge in [0, 0.05) is 16.8 Å². The molecule has 1 aromatic rings. The molecule has 0 aliphatic rings. The first-order valence-corrected chi connectivity index (χ1v) is 7.35. The zero-order chi connectivity index (χ0) is 13.1. The Labute approximate surface area is 106 Å². The molecule has 1 rings (SSSR count). The van der Waals surface area contributed by atoms with Crippen LogP contribution >= 0.6 is 11.6 Å². The molecule has 0 heterocycles. The molecule has 0 unspecified atom stereocenters. The summed E-state index contributed by atoms with van der Waals surface area (Å²) in [6, 6.07) is 5.92. The third kappa shape index (κ3) is 3.42. The molecule has 2 atom stereocenters. The Bertz CT molecular complexity index is 475. The van der Waals surface area contributed by atoms with Crippen LogP contribution in [0.2, 0.25) is 5.02 Å². The minimum absolute atomic E-state index is 0.0491. The van der Waals surface area contributed by atoms with E-state index in [0.717, 1.165) is 0 Å². The zero-order valence-electron chi connectivity index (χ0n) is 9.51. The topological polar surface area (TPSA) is 80.4 Å². The van der Waals surface area contributed by atoms with E-state index in [0.29, 0.717) is 10.6 Å². The summed E-state index contributed by atoms with van der Waals surface area (Å²) in [5.41, 5.74) is 6.49. The highest BCUT2D eigenvalue weighted by atomic mass is 35.5. The maximum atomic E-state index is 11.8. The number of hydrogen-bond acceptors (Lipinski definition) is 4. The van der Waals surface area contributed by atoms with Gasteiger partial charge in [0.25, 0.3) is 0 Å². The first-order chi connectivity index (χ1) is 7.92. The van der Waals surface area contributed by atoms with E-state index >= 15 is 0 Å². The van der Waals surface area contributed by atoms with Crippen molar-refractivity contribution in [1.29, 1.82) is 0 Å². The second-order valence-electron chi connectivity index (χ2n) is 3.75.